The molecule has 3 rings (SSSR count). The molecule has 0 aromatic heterocycles. The molecule has 164 valence electrons. The van der Waals surface area contributed by atoms with Gasteiger partial charge < -0.3 is 14.5 Å². The Morgan fingerprint density at radius 1 is 1.20 bits per heavy atom. The van der Waals surface area contributed by atoms with Gasteiger partial charge in [-0.1, -0.05) is 33.4 Å². The third kappa shape index (κ3) is 4.48. The van der Waals surface area contributed by atoms with Crippen molar-refractivity contribution in [1.29, 1.82) is 0 Å². The monoisotopic (exact) mass is 438 g/mol. The lowest BCUT2D eigenvalue weighted by Gasteiger charge is -2.38. The SMILES string of the molecule is CN(C(=O)S)C1CN(c2ccc(N3CCN(C(=O)C(C)(C)C)CC3)c(F)c2)C(=O)O1. The number of hydrogen-bond donors (Lipinski definition) is 1. The summed E-state index contributed by atoms with van der Waals surface area (Å²) < 4.78 is 20.0. The van der Waals surface area contributed by atoms with Crippen molar-refractivity contribution >= 4 is 41.2 Å². The average Bonchev–Trinajstić information content (AvgIpc) is 3.07. The average molecular weight is 439 g/mol. The molecule has 2 heterocycles. The molecule has 0 radical (unpaired) electrons. The molecule has 1 aromatic rings. The number of hydrogen-bond acceptors (Lipinski definition) is 5. The number of rotatable bonds is 3. The van der Waals surface area contributed by atoms with Crippen molar-refractivity contribution < 1.29 is 23.5 Å². The van der Waals surface area contributed by atoms with Crippen molar-refractivity contribution in [3.63, 3.8) is 0 Å². The van der Waals surface area contributed by atoms with Gasteiger partial charge in [0.25, 0.3) is 5.24 Å². The number of piperazine rings is 1. The van der Waals surface area contributed by atoms with E-state index >= 15 is 0 Å². The lowest BCUT2D eigenvalue weighted by Crippen LogP contribution is -2.51. The van der Waals surface area contributed by atoms with Gasteiger partial charge in [0.05, 0.1) is 17.9 Å². The number of thiol groups is 1. The highest BCUT2D eigenvalue weighted by Gasteiger charge is 2.36. The van der Waals surface area contributed by atoms with Crippen molar-refractivity contribution in [3.8, 4) is 0 Å². The smallest absolute Gasteiger partial charge is 0.416 e. The fourth-order valence-electron chi connectivity index (χ4n) is 3.53. The lowest BCUT2D eigenvalue weighted by molar-refractivity contribution is -0.139. The molecule has 3 amide bonds. The van der Waals surface area contributed by atoms with E-state index in [4.69, 9.17) is 4.74 Å². The maximum absolute atomic E-state index is 14.9. The second kappa shape index (κ2) is 8.33. The molecule has 0 bridgehead atoms. The number of carbonyl (C=O) groups is 3. The van der Waals surface area contributed by atoms with Crippen molar-refractivity contribution in [2.24, 2.45) is 5.41 Å². The largest absolute Gasteiger partial charge is 0.423 e. The van der Waals surface area contributed by atoms with Gasteiger partial charge in [0, 0.05) is 38.6 Å². The van der Waals surface area contributed by atoms with Crippen LogP contribution in [0.1, 0.15) is 20.8 Å². The number of nitrogens with zero attached hydrogens (tertiary/aromatic N) is 4. The molecule has 2 aliphatic rings. The summed E-state index contributed by atoms with van der Waals surface area (Å²) in [6, 6.07) is 4.56. The molecule has 0 N–H and O–H groups in total. The first-order chi connectivity index (χ1) is 14.0. The number of amides is 3. The van der Waals surface area contributed by atoms with Crippen molar-refractivity contribution in [1.82, 2.24) is 9.80 Å². The van der Waals surface area contributed by atoms with Crippen LogP contribution < -0.4 is 9.80 Å². The van der Waals surface area contributed by atoms with Gasteiger partial charge in [0.15, 0.2) is 6.23 Å². The maximum Gasteiger partial charge on any atom is 0.416 e. The number of anilines is 2. The van der Waals surface area contributed by atoms with Gasteiger partial charge in [-0.15, -0.1) is 0 Å². The van der Waals surface area contributed by atoms with Crippen LogP contribution >= 0.6 is 12.6 Å². The number of likely N-dealkylation sites (N-methyl/N-ethyl adjacent to an activating group) is 1. The molecule has 1 unspecified atom stereocenters. The van der Waals surface area contributed by atoms with Crippen LogP contribution in [0.2, 0.25) is 0 Å². The molecular weight excluding hydrogens is 411 g/mol. The fourth-order valence-corrected chi connectivity index (χ4v) is 3.66. The van der Waals surface area contributed by atoms with E-state index in [1.165, 1.54) is 22.9 Å². The molecule has 0 spiro atoms. The summed E-state index contributed by atoms with van der Waals surface area (Å²) in [6.45, 7) is 7.87. The van der Waals surface area contributed by atoms with Crippen molar-refractivity contribution in [2.75, 3.05) is 49.6 Å². The summed E-state index contributed by atoms with van der Waals surface area (Å²) in [6.07, 6.45) is -1.43. The standard InChI is InChI=1S/C20H27FN4O4S/c1-20(2,3)17(26)24-9-7-23(8-10-24)15-6-5-13(11-14(15)21)25-12-16(29-18(25)27)22(4)19(28)30/h5-6,11,16H,7-10,12H2,1-4H3,(H,28,30). The normalized spacial score (nSPS) is 19.7. The molecule has 2 aliphatic heterocycles. The van der Waals surface area contributed by atoms with Gasteiger partial charge in [-0.3, -0.25) is 19.4 Å². The van der Waals surface area contributed by atoms with Gasteiger partial charge in [-0.2, -0.15) is 0 Å². The molecule has 30 heavy (non-hydrogen) atoms. The molecule has 0 aliphatic carbocycles. The van der Waals surface area contributed by atoms with Gasteiger partial charge in [0.1, 0.15) is 5.82 Å². The Morgan fingerprint density at radius 2 is 1.83 bits per heavy atom. The first kappa shape index (κ1) is 22.2. The Kier molecular flexibility index (Phi) is 6.16. The lowest BCUT2D eigenvalue weighted by atomic mass is 9.94. The Balaban J connectivity index is 1.67. The quantitative estimate of drug-likeness (QED) is 0.735. The second-order valence-electron chi connectivity index (χ2n) is 8.51. The molecular formula is C20H27FN4O4S. The van der Waals surface area contributed by atoms with E-state index in [2.05, 4.69) is 12.6 Å². The van der Waals surface area contributed by atoms with Crippen LogP contribution in [0.3, 0.4) is 0 Å². The third-order valence-corrected chi connectivity index (χ3v) is 5.64. The zero-order valence-corrected chi connectivity index (χ0v) is 18.5. The zero-order valence-electron chi connectivity index (χ0n) is 17.6. The third-order valence-electron chi connectivity index (χ3n) is 5.32. The van der Waals surface area contributed by atoms with Gasteiger partial charge in [-0.25, -0.2) is 9.18 Å². The van der Waals surface area contributed by atoms with Gasteiger partial charge in [-0.05, 0) is 18.2 Å². The van der Waals surface area contributed by atoms with E-state index in [1.807, 2.05) is 30.6 Å². The second-order valence-corrected chi connectivity index (χ2v) is 8.89. The zero-order chi connectivity index (χ0) is 22.2. The van der Waals surface area contributed by atoms with E-state index in [0.29, 0.717) is 37.6 Å². The van der Waals surface area contributed by atoms with E-state index < -0.39 is 28.8 Å². The van der Waals surface area contributed by atoms with E-state index in [9.17, 15) is 18.8 Å². The topological polar surface area (TPSA) is 73.4 Å². The van der Waals surface area contributed by atoms with E-state index in [1.54, 1.807) is 12.1 Å². The Hall–Kier alpha value is -2.49. The Morgan fingerprint density at radius 3 is 2.37 bits per heavy atom. The maximum atomic E-state index is 14.9. The van der Waals surface area contributed by atoms with Crippen molar-refractivity contribution in [3.05, 3.63) is 24.0 Å². The summed E-state index contributed by atoms with van der Waals surface area (Å²) in [5, 5.41) is -0.528. The number of ether oxygens (including phenoxy) is 1. The Bertz CT molecular complexity index is 852. The van der Waals surface area contributed by atoms with E-state index in [0.717, 1.165) is 0 Å². The minimum absolute atomic E-state index is 0.0877. The molecule has 1 atom stereocenters. The van der Waals surface area contributed by atoms with Crippen LogP contribution in [0.4, 0.5) is 25.4 Å². The molecule has 2 saturated heterocycles. The van der Waals surface area contributed by atoms with Crippen LogP contribution in [0, 0.1) is 11.2 Å². The fraction of sp³-hybridized carbons (Fsp3) is 0.550. The van der Waals surface area contributed by atoms with Crippen molar-refractivity contribution in [2.45, 2.75) is 27.0 Å². The van der Waals surface area contributed by atoms with Crippen LogP contribution in [0.5, 0.6) is 0 Å². The molecule has 1 aromatic carbocycles. The predicted molar refractivity (Wildman–Crippen MR) is 114 cm³/mol. The highest BCUT2D eigenvalue weighted by Crippen LogP contribution is 2.29. The number of cyclic esters (lactones) is 1. The number of benzene rings is 1. The molecule has 2 fully saturated rings. The molecule has 0 saturated carbocycles. The molecule has 10 heteroatoms. The summed E-state index contributed by atoms with van der Waals surface area (Å²) in [4.78, 5) is 42.1. The summed E-state index contributed by atoms with van der Waals surface area (Å²) >= 11 is 3.72. The molecule has 8 nitrogen and oxygen atoms in total. The van der Waals surface area contributed by atoms with Crippen LogP contribution in [-0.2, 0) is 9.53 Å². The first-order valence-corrected chi connectivity index (χ1v) is 10.2. The summed E-state index contributed by atoms with van der Waals surface area (Å²) in [5.41, 5.74) is 0.335. The van der Waals surface area contributed by atoms with E-state index in [-0.39, 0.29) is 12.5 Å². The predicted octanol–water partition coefficient (Wildman–Crippen LogP) is 2.78. The minimum atomic E-state index is -0.779. The van der Waals surface area contributed by atoms with Crippen LogP contribution in [0.25, 0.3) is 0 Å². The number of carbonyl (C=O) groups excluding carboxylic acids is 3. The Labute approximate surface area is 180 Å². The van der Waals surface area contributed by atoms with Gasteiger partial charge >= 0.3 is 6.09 Å². The minimum Gasteiger partial charge on any atom is -0.423 e. The van der Waals surface area contributed by atoms with Crippen LogP contribution in [0.15, 0.2) is 18.2 Å². The first-order valence-electron chi connectivity index (χ1n) is 9.77. The van der Waals surface area contributed by atoms with Gasteiger partial charge in [0.2, 0.25) is 5.91 Å². The summed E-state index contributed by atoms with van der Waals surface area (Å²) in [7, 11) is 1.48. The highest BCUT2D eigenvalue weighted by atomic mass is 32.1. The van der Waals surface area contributed by atoms with Crippen LogP contribution in [-0.4, -0.2) is 73.0 Å². The number of halogens is 1. The summed E-state index contributed by atoms with van der Waals surface area (Å²) in [5.74, 6) is -0.372. The highest BCUT2D eigenvalue weighted by molar-refractivity contribution is 7.96.